The molecule has 0 spiro atoms. The van der Waals surface area contributed by atoms with E-state index in [2.05, 4.69) is 27.0 Å². The van der Waals surface area contributed by atoms with E-state index in [0.29, 0.717) is 12.3 Å². The summed E-state index contributed by atoms with van der Waals surface area (Å²) < 4.78 is 37.1. The van der Waals surface area contributed by atoms with Crippen LogP contribution in [0.4, 0.5) is 0 Å². The van der Waals surface area contributed by atoms with Gasteiger partial charge in [-0.3, -0.25) is 13.8 Å². The fourth-order valence-corrected chi connectivity index (χ4v) is 7.04. The standard InChI is InChI=1S/C25H30BrN3O7S/c1-35-24(32)25-12-15(25)5-3-2-4-14-10-19(14)21(27)23(31)29-13-17(11-20(29)22(30)28-25)36-37(33,34)18-8-6-16(26)7-9-18/h3,5-9,14-15,17,19-21H,2,4,10-13,27H2,1H3,(H,28,30)/p+1. The maximum atomic E-state index is 13.5. The summed E-state index contributed by atoms with van der Waals surface area (Å²) in [6.45, 7) is -0.0648. The maximum Gasteiger partial charge on any atom is 0.332 e. The summed E-state index contributed by atoms with van der Waals surface area (Å²) in [5, 5.41) is 2.83. The molecule has 37 heavy (non-hydrogen) atoms. The number of carbonyl (C=O) groups is 3. The van der Waals surface area contributed by atoms with Crippen molar-refractivity contribution in [1.82, 2.24) is 10.2 Å². The molecule has 1 saturated heterocycles. The van der Waals surface area contributed by atoms with Crippen molar-refractivity contribution in [3.05, 3.63) is 40.9 Å². The number of ether oxygens (including phenoxy) is 1. The highest BCUT2D eigenvalue weighted by molar-refractivity contribution is 9.10. The van der Waals surface area contributed by atoms with Crippen molar-refractivity contribution in [2.45, 2.75) is 60.7 Å². The van der Waals surface area contributed by atoms with E-state index in [-0.39, 0.29) is 35.6 Å². The van der Waals surface area contributed by atoms with Gasteiger partial charge >= 0.3 is 5.97 Å². The predicted molar refractivity (Wildman–Crippen MR) is 134 cm³/mol. The minimum atomic E-state index is -4.13. The van der Waals surface area contributed by atoms with E-state index in [1.54, 1.807) is 12.1 Å². The van der Waals surface area contributed by atoms with Crippen LogP contribution >= 0.6 is 15.9 Å². The third-order valence-electron chi connectivity index (χ3n) is 8.01. The lowest BCUT2D eigenvalue weighted by Gasteiger charge is -2.27. The number of esters is 1. The van der Waals surface area contributed by atoms with Crippen molar-refractivity contribution in [1.29, 1.82) is 0 Å². The molecule has 2 heterocycles. The third-order valence-corrected chi connectivity index (χ3v) is 9.91. The molecular weight excluding hydrogens is 566 g/mol. The van der Waals surface area contributed by atoms with Crippen molar-refractivity contribution >= 4 is 43.8 Å². The highest BCUT2D eigenvalue weighted by atomic mass is 79.9. The van der Waals surface area contributed by atoms with Crippen LogP contribution in [-0.4, -0.2) is 68.5 Å². The van der Waals surface area contributed by atoms with Crippen molar-refractivity contribution in [2.75, 3.05) is 13.7 Å². The van der Waals surface area contributed by atoms with Crippen LogP contribution < -0.4 is 11.1 Å². The second-order valence-electron chi connectivity index (χ2n) is 10.4. The second kappa shape index (κ2) is 9.79. The summed E-state index contributed by atoms with van der Waals surface area (Å²) >= 11 is 3.28. The summed E-state index contributed by atoms with van der Waals surface area (Å²) in [6.07, 6.45) is 6.08. The number of nitrogens with zero attached hydrogens (tertiary/aromatic N) is 1. The first-order valence-electron chi connectivity index (χ1n) is 12.5. The molecule has 0 bridgehead atoms. The Hall–Kier alpha value is -2.28. The molecule has 0 aromatic heterocycles. The second-order valence-corrected chi connectivity index (χ2v) is 12.9. The number of carbonyl (C=O) groups excluding carboxylic acids is 3. The lowest BCUT2D eigenvalue weighted by Crippen LogP contribution is -2.70. The summed E-state index contributed by atoms with van der Waals surface area (Å²) in [6, 6.07) is 4.49. The molecule has 12 heteroatoms. The maximum absolute atomic E-state index is 13.5. The first-order valence-corrected chi connectivity index (χ1v) is 14.7. The van der Waals surface area contributed by atoms with E-state index in [1.807, 2.05) is 12.2 Å². The summed E-state index contributed by atoms with van der Waals surface area (Å²) in [5.74, 6) is -1.05. The molecule has 4 N–H and O–H groups in total. The SMILES string of the molecule is COC(=O)C12CC1C=CCCC1CC1C([NH3+])C(=O)N1CC(OS(=O)(=O)c3ccc(Br)cc3)CC1C(=O)N2. The van der Waals surface area contributed by atoms with Crippen LogP contribution in [0.2, 0.25) is 0 Å². The Morgan fingerprint density at radius 1 is 1.22 bits per heavy atom. The molecule has 7 atom stereocenters. The van der Waals surface area contributed by atoms with Gasteiger partial charge in [0, 0.05) is 29.3 Å². The van der Waals surface area contributed by atoms with E-state index in [1.165, 1.54) is 24.1 Å². The molecule has 7 unspecified atom stereocenters. The number of fused-ring (bicyclic) bond motifs is 3. The van der Waals surface area contributed by atoms with Crippen LogP contribution in [0.3, 0.4) is 0 Å². The minimum Gasteiger partial charge on any atom is -0.467 e. The van der Waals surface area contributed by atoms with Gasteiger partial charge in [-0.2, -0.15) is 8.42 Å². The molecule has 10 nitrogen and oxygen atoms in total. The Kier molecular flexibility index (Phi) is 6.97. The van der Waals surface area contributed by atoms with Gasteiger partial charge in [-0.05, 0) is 55.9 Å². The number of halogens is 1. The van der Waals surface area contributed by atoms with E-state index in [9.17, 15) is 22.8 Å². The number of benzene rings is 1. The number of allylic oxidation sites excluding steroid dienone is 1. The van der Waals surface area contributed by atoms with E-state index < -0.39 is 45.7 Å². The Labute approximate surface area is 224 Å². The van der Waals surface area contributed by atoms with Crippen molar-refractivity contribution in [3.8, 4) is 0 Å². The van der Waals surface area contributed by atoms with Gasteiger partial charge in [-0.25, -0.2) is 4.79 Å². The zero-order valence-corrected chi connectivity index (χ0v) is 22.9. The summed E-state index contributed by atoms with van der Waals surface area (Å²) in [4.78, 5) is 41.1. The molecule has 5 rings (SSSR count). The van der Waals surface area contributed by atoms with Gasteiger partial charge < -0.3 is 20.7 Å². The normalized spacial score (nSPS) is 35.5. The van der Waals surface area contributed by atoms with E-state index in [0.717, 1.165) is 23.7 Å². The fourth-order valence-electron chi connectivity index (χ4n) is 5.69. The van der Waals surface area contributed by atoms with Crippen LogP contribution in [-0.2, 0) is 33.4 Å². The zero-order valence-electron chi connectivity index (χ0n) is 20.5. The number of hydrogen-bond donors (Lipinski definition) is 2. The average molecular weight is 598 g/mol. The van der Waals surface area contributed by atoms with Gasteiger partial charge in [-0.15, -0.1) is 0 Å². The molecule has 2 aliphatic heterocycles. The summed E-state index contributed by atoms with van der Waals surface area (Å²) in [5.41, 5.74) is 2.93. The highest BCUT2D eigenvalue weighted by Gasteiger charge is 2.62. The van der Waals surface area contributed by atoms with Crippen LogP contribution in [0, 0.1) is 17.8 Å². The topological polar surface area (TPSA) is 147 Å². The molecule has 4 aliphatic rings. The van der Waals surface area contributed by atoms with Gasteiger partial charge in [0.1, 0.15) is 11.6 Å². The molecule has 3 fully saturated rings. The van der Waals surface area contributed by atoms with Crippen LogP contribution in [0.15, 0.2) is 45.8 Å². The third kappa shape index (κ3) is 5.08. The number of hydrogen-bond acceptors (Lipinski definition) is 7. The van der Waals surface area contributed by atoms with Gasteiger partial charge in [0.15, 0.2) is 6.04 Å². The lowest BCUT2D eigenvalue weighted by molar-refractivity contribution is -0.412. The number of methoxy groups -OCH3 is 1. The van der Waals surface area contributed by atoms with Crippen LogP contribution in [0.1, 0.15) is 32.1 Å². The number of nitrogens with one attached hydrogen (secondary N) is 1. The average Bonchev–Trinajstić information content (AvgIpc) is 3.75. The number of amides is 2. The largest absolute Gasteiger partial charge is 0.467 e. The van der Waals surface area contributed by atoms with Gasteiger partial charge in [0.05, 0.1) is 18.1 Å². The number of quaternary nitrogens is 1. The molecule has 2 saturated carbocycles. The quantitative estimate of drug-likeness (QED) is 0.296. The van der Waals surface area contributed by atoms with Crippen LogP contribution in [0.5, 0.6) is 0 Å². The molecule has 2 aliphatic carbocycles. The van der Waals surface area contributed by atoms with Crippen LogP contribution in [0.25, 0.3) is 0 Å². The molecule has 1 aromatic carbocycles. The smallest absolute Gasteiger partial charge is 0.332 e. The molecule has 1 aromatic rings. The van der Waals surface area contributed by atoms with Crippen molar-refractivity contribution < 1.29 is 37.5 Å². The molecule has 200 valence electrons. The zero-order chi connectivity index (χ0) is 26.5. The van der Waals surface area contributed by atoms with Gasteiger partial charge in [0.2, 0.25) is 5.91 Å². The highest BCUT2D eigenvalue weighted by Crippen LogP contribution is 2.47. The molecule has 2 amide bonds. The monoisotopic (exact) mass is 596 g/mol. The Morgan fingerprint density at radius 2 is 1.95 bits per heavy atom. The Morgan fingerprint density at radius 3 is 2.65 bits per heavy atom. The van der Waals surface area contributed by atoms with E-state index >= 15 is 0 Å². The van der Waals surface area contributed by atoms with Crippen molar-refractivity contribution in [2.24, 2.45) is 17.8 Å². The first kappa shape index (κ1) is 26.3. The van der Waals surface area contributed by atoms with Gasteiger partial charge in [-0.1, -0.05) is 28.1 Å². The fraction of sp³-hybridized carbons (Fsp3) is 0.560. The predicted octanol–water partition coefficient (Wildman–Crippen LogP) is 0.768. The van der Waals surface area contributed by atoms with Crippen molar-refractivity contribution in [3.63, 3.8) is 0 Å². The Balaban J connectivity index is 1.41. The van der Waals surface area contributed by atoms with E-state index in [4.69, 9.17) is 8.92 Å². The Bertz CT molecular complexity index is 1240. The van der Waals surface area contributed by atoms with Gasteiger partial charge in [0.25, 0.3) is 16.0 Å². The minimum absolute atomic E-state index is 0.0204. The summed E-state index contributed by atoms with van der Waals surface area (Å²) in [7, 11) is -2.86. The first-order chi connectivity index (χ1) is 17.6. The molecule has 0 radical (unpaired) electrons. The lowest BCUT2D eigenvalue weighted by atomic mass is 10.0. The number of rotatable bonds is 4. The molecular formula is C25H31BrN3O7S+.